The van der Waals surface area contributed by atoms with Gasteiger partial charge in [0, 0.05) is 56.4 Å². The van der Waals surface area contributed by atoms with E-state index >= 15 is 0 Å². The van der Waals surface area contributed by atoms with Crippen LogP contribution in [0.25, 0.3) is 22.3 Å². The molecule has 60 heavy (non-hydrogen) atoms. The highest BCUT2D eigenvalue weighted by molar-refractivity contribution is 6.09. The lowest BCUT2D eigenvalue weighted by Crippen LogP contribution is -2.16. The molecule has 10 heteroatoms. The molecule has 2 aliphatic carbocycles. The molecule has 0 fully saturated rings. The fourth-order valence-electron chi connectivity index (χ4n) is 7.49. The van der Waals surface area contributed by atoms with E-state index in [0.29, 0.717) is 70.7 Å². The normalized spacial score (nSPS) is 13.5. The maximum atomic E-state index is 13.4. The van der Waals surface area contributed by atoms with E-state index in [1.807, 2.05) is 100 Å². The highest BCUT2D eigenvalue weighted by atomic mass is 16.2. The van der Waals surface area contributed by atoms with E-state index in [-0.39, 0.29) is 23.6 Å². The molecule has 0 bridgehead atoms. The number of benzene rings is 5. The van der Waals surface area contributed by atoms with Gasteiger partial charge in [0.05, 0.1) is 0 Å². The van der Waals surface area contributed by atoms with Crippen LogP contribution < -0.4 is 32.7 Å². The zero-order valence-corrected chi connectivity index (χ0v) is 34.2. The Hall–Kier alpha value is -7.46. The van der Waals surface area contributed by atoms with Crippen LogP contribution in [-0.2, 0) is 9.59 Å². The van der Waals surface area contributed by atoms with Crippen LogP contribution in [0.15, 0.2) is 144 Å². The average Bonchev–Trinajstić information content (AvgIpc) is 3.22. The van der Waals surface area contributed by atoms with Crippen molar-refractivity contribution in [3.05, 3.63) is 177 Å². The van der Waals surface area contributed by atoms with Crippen molar-refractivity contribution in [1.29, 1.82) is 0 Å². The summed E-state index contributed by atoms with van der Waals surface area (Å²) >= 11 is 0. The van der Waals surface area contributed by atoms with Crippen molar-refractivity contribution in [3.8, 4) is 22.3 Å². The van der Waals surface area contributed by atoms with Crippen LogP contribution >= 0.6 is 0 Å². The summed E-state index contributed by atoms with van der Waals surface area (Å²) in [5.74, 6) is -0.944. The maximum absolute atomic E-state index is 13.4. The third kappa shape index (κ3) is 9.45. The fourth-order valence-corrected chi connectivity index (χ4v) is 7.49. The lowest BCUT2D eigenvalue weighted by Gasteiger charge is -2.15. The van der Waals surface area contributed by atoms with Crippen LogP contribution in [0.3, 0.4) is 0 Å². The average molecular weight is 797 g/mol. The quantitative estimate of drug-likeness (QED) is 0.0823. The van der Waals surface area contributed by atoms with Crippen molar-refractivity contribution >= 4 is 46.4 Å². The molecule has 0 saturated carbocycles. The molecule has 0 aromatic heterocycles. The van der Waals surface area contributed by atoms with E-state index < -0.39 is 0 Å². The highest BCUT2D eigenvalue weighted by Gasteiger charge is 2.17. The van der Waals surface area contributed by atoms with Gasteiger partial charge in [-0.05, 0) is 177 Å². The molecule has 0 aliphatic heterocycles. The second-order valence-corrected chi connectivity index (χ2v) is 15.4. The molecule has 0 spiro atoms. The molecule has 0 unspecified atom stereocenters. The van der Waals surface area contributed by atoms with Crippen LogP contribution in [0, 0.1) is 27.7 Å². The van der Waals surface area contributed by atoms with Gasteiger partial charge < -0.3 is 32.7 Å². The second kappa shape index (κ2) is 17.6. The first-order valence-electron chi connectivity index (χ1n) is 19.9. The molecule has 0 saturated heterocycles. The first kappa shape index (κ1) is 40.7. The zero-order valence-electron chi connectivity index (χ0n) is 34.2. The van der Waals surface area contributed by atoms with Crippen molar-refractivity contribution < 1.29 is 19.2 Å². The second-order valence-electron chi connectivity index (χ2n) is 15.4. The number of anilines is 4. The Morgan fingerprint density at radius 3 is 1.00 bits per heavy atom. The van der Waals surface area contributed by atoms with Gasteiger partial charge in [-0.2, -0.15) is 0 Å². The molecule has 4 amide bonds. The largest absolute Gasteiger partial charge is 0.402 e. The highest BCUT2D eigenvalue weighted by Crippen LogP contribution is 2.33. The van der Waals surface area contributed by atoms with Crippen molar-refractivity contribution in [2.45, 2.75) is 53.4 Å². The summed E-state index contributed by atoms with van der Waals surface area (Å²) in [7, 11) is 0. The predicted octanol–water partition coefficient (Wildman–Crippen LogP) is 9.76. The van der Waals surface area contributed by atoms with Gasteiger partial charge in [-0.1, -0.05) is 42.5 Å². The minimum atomic E-state index is -0.339. The van der Waals surface area contributed by atoms with Crippen molar-refractivity contribution in [2.24, 2.45) is 11.5 Å². The standard InChI is InChI=1S/C50H48N6O4/c1-29-24-39(53-47(57)33-8-12-37(51)13-9-33)16-20-43(29)45-22-18-41(26-31(45)3)55-49(59)35-6-5-7-36(28-35)50(60)56-42-19-23-46(32(4)27-42)44-21-17-40(25-30(44)2)54-48(58)34-10-14-38(52)15-11-34/h5-8,10,12,14,16-28H,9,11,13,15,51-52H2,1-4H3,(H,53,57)(H,54,58)(H,55,59)(H,56,60). The molecule has 0 radical (unpaired) electrons. The number of allylic oxidation sites excluding steroid dienone is 6. The number of amides is 4. The zero-order chi connectivity index (χ0) is 42.5. The molecule has 5 aromatic rings. The Balaban J connectivity index is 0.965. The van der Waals surface area contributed by atoms with Gasteiger partial charge in [0.2, 0.25) is 0 Å². The van der Waals surface area contributed by atoms with Gasteiger partial charge in [0.15, 0.2) is 0 Å². The van der Waals surface area contributed by atoms with Crippen molar-refractivity contribution in [2.75, 3.05) is 21.3 Å². The van der Waals surface area contributed by atoms with Crippen LogP contribution in [0.2, 0.25) is 0 Å². The number of aryl methyl sites for hydroxylation is 4. The summed E-state index contributed by atoms with van der Waals surface area (Å²) in [4.78, 5) is 52.3. The first-order chi connectivity index (χ1) is 28.8. The van der Waals surface area contributed by atoms with E-state index in [2.05, 4.69) is 21.3 Å². The van der Waals surface area contributed by atoms with E-state index in [4.69, 9.17) is 11.5 Å². The van der Waals surface area contributed by atoms with Gasteiger partial charge >= 0.3 is 0 Å². The smallest absolute Gasteiger partial charge is 0.255 e. The number of carbonyl (C=O) groups excluding carboxylic acids is 4. The monoisotopic (exact) mass is 796 g/mol. The van der Waals surface area contributed by atoms with Crippen LogP contribution in [0.1, 0.15) is 68.7 Å². The lowest BCUT2D eigenvalue weighted by atomic mass is 9.95. The Labute approximate surface area is 350 Å². The minimum absolute atomic E-state index is 0.133. The maximum Gasteiger partial charge on any atom is 0.255 e. The van der Waals surface area contributed by atoms with Gasteiger partial charge in [-0.15, -0.1) is 0 Å². The summed E-state index contributed by atoms with van der Waals surface area (Å²) < 4.78 is 0. The molecular formula is C50H48N6O4. The van der Waals surface area contributed by atoms with Gasteiger partial charge in [0.1, 0.15) is 0 Å². The first-order valence-corrected chi connectivity index (χ1v) is 19.9. The van der Waals surface area contributed by atoms with Crippen molar-refractivity contribution in [1.82, 2.24) is 0 Å². The molecule has 8 N–H and O–H groups in total. The number of nitrogens with two attached hydrogens (primary N) is 2. The van der Waals surface area contributed by atoms with Gasteiger partial charge in [-0.25, -0.2) is 0 Å². The minimum Gasteiger partial charge on any atom is -0.402 e. The number of carbonyl (C=O) groups is 4. The van der Waals surface area contributed by atoms with E-state index in [1.54, 1.807) is 48.6 Å². The molecule has 7 rings (SSSR count). The van der Waals surface area contributed by atoms with Gasteiger partial charge in [-0.3, -0.25) is 19.2 Å². The lowest BCUT2D eigenvalue weighted by molar-refractivity contribution is -0.113. The summed E-state index contributed by atoms with van der Waals surface area (Å²) in [5.41, 5.74) is 26.0. The Kier molecular flexibility index (Phi) is 11.9. The number of hydrogen-bond acceptors (Lipinski definition) is 6. The summed E-state index contributed by atoms with van der Waals surface area (Å²) in [6, 6.07) is 29.7. The number of nitrogens with one attached hydrogen (secondary N) is 4. The van der Waals surface area contributed by atoms with Crippen LogP contribution in [-0.4, -0.2) is 23.6 Å². The Morgan fingerprint density at radius 1 is 0.400 bits per heavy atom. The van der Waals surface area contributed by atoms with Gasteiger partial charge in [0.25, 0.3) is 23.6 Å². The van der Waals surface area contributed by atoms with E-state index in [1.165, 1.54) is 0 Å². The van der Waals surface area contributed by atoms with Crippen LogP contribution in [0.4, 0.5) is 22.7 Å². The SMILES string of the molecule is Cc1cc(NC(=O)C2=CC=C(N)CC2)ccc1-c1ccc(NC(=O)c2cccc(C(=O)Nc3ccc(-c4ccc(NC(=O)C5=CC=C(N)CC5)cc4C)c(C)c3)c2)cc1C. The molecule has 0 heterocycles. The third-order valence-electron chi connectivity index (χ3n) is 10.9. The summed E-state index contributed by atoms with van der Waals surface area (Å²) in [6.45, 7) is 7.97. The van der Waals surface area contributed by atoms with E-state index in [9.17, 15) is 19.2 Å². The Bertz CT molecular complexity index is 2520. The van der Waals surface area contributed by atoms with E-state index in [0.717, 1.165) is 55.9 Å². The summed E-state index contributed by atoms with van der Waals surface area (Å²) in [6.07, 6.45) is 9.68. The van der Waals surface area contributed by atoms with Crippen molar-refractivity contribution in [3.63, 3.8) is 0 Å². The summed E-state index contributed by atoms with van der Waals surface area (Å²) in [5, 5.41) is 11.9. The Morgan fingerprint density at radius 2 is 0.717 bits per heavy atom. The predicted molar refractivity (Wildman–Crippen MR) is 241 cm³/mol. The topological polar surface area (TPSA) is 168 Å². The van der Waals surface area contributed by atoms with Crippen LogP contribution in [0.5, 0.6) is 0 Å². The molecule has 2 aliphatic rings. The number of hydrogen-bond donors (Lipinski definition) is 6. The fraction of sp³-hybridized carbons (Fsp3) is 0.160. The molecule has 5 aromatic carbocycles. The number of rotatable bonds is 10. The molecule has 302 valence electrons. The molecule has 0 atom stereocenters. The molecule has 10 nitrogen and oxygen atoms in total. The molecular weight excluding hydrogens is 749 g/mol. The third-order valence-corrected chi connectivity index (χ3v) is 10.9.